The first-order valence-electron chi connectivity index (χ1n) is 5.64. The number of benzene rings is 1. The van der Waals surface area contributed by atoms with Crippen LogP contribution in [0.2, 0.25) is 0 Å². The molecule has 0 heterocycles. The number of halogens is 2. The van der Waals surface area contributed by atoms with E-state index in [1.807, 2.05) is 6.26 Å². The Labute approximate surface area is 115 Å². The summed E-state index contributed by atoms with van der Waals surface area (Å²) < 4.78 is 27.3. The second-order valence-corrected chi connectivity index (χ2v) is 4.99. The van der Waals surface area contributed by atoms with Crippen molar-refractivity contribution >= 4 is 17.7 Å². The molecule has 6 heteroatoms. The summed E-state index contributed by atoms with van der Waals surface area (Å²) in [5, 5.41) is 8.59. The van der Waals surface area contributed by atoms with Gasteiger partial charge in [-0.3, -0.25) is 4.79 Å². The number of amides is 1. The topological polar surface area (TPSA) is 44.1 Å². The molecule has 1 amide bonds. The van der Waals surface area contributed by atoms with Gasteiger partial charge in [-0.1, -0.05) is 0 Å². The molecule has 1 aromatic carbocycles. The Morgan fingerprint density at radius 2 is 2.00 bits per heavy atom. The van der Waals surface area contributed by atoms with Gasteiger partial charge in [-0.25, -0.2) is 8.78 Å². The Bertz CT molecular complexity index is 491. The molecule has 0 aliphatic heterocycles. The zero-order chi connectivity index (χ0) is 14.4. The van der Waals surface area contributed by atoms with Crippen molar-refractivity contribution < 1.29 is 13.6 Å². The predicted molar refractivity (Wildman–Crippen MR) is 71.0 cm³/mol. The lowest BCUT2D eigenvalue weighted by Crippen LogP contribution is -2.29. The number of carbonyl (C=O) groups excluding carboxylic acids is 1. The van der Waals surface area contributed by atoms with Crippen LogP contribution in [0.3, 0.4) is 0 Å². The van der Waals surface area contributed by atoms with Crippen LogP contribution in [0.1, 0.15) is 22.3 Å². The van der Waals surface area contributed by atoms with Crippen molar-refractivity contribution in [1.29, 1.82) is 5.26 Å². The van der Waals surface area contributed by atoms with Gasteiger partial charge in [0.15, 0.2) is 0 Å². The van der Waals surface area contributed by atoms with E-state index in [0.29, 0.717) is 6.54 Å². The molecule has 0 spiro atoms. The maximum absolute atomic E-state index is 13.7. The lowest BCUT2D eigenvalue weighted by molar-refractivity contribution is 0.0786. The molecule has 0 atom stereocenters. The summed E-state index contributed by atoms with van der Waals surface area (Å²) in [6, 6.07) is 3.37. The van der Waals surface area contributed by atoms with Gasteiger partial charge in [0.1, 0.15) is 17.2 Å². The highest BCUT2D eigenvalue weighted by molar-refractivity contribution is 7.98. The van der Waals surface area contributed by atoms with Crippen molar-refractivity contribution in [3.05, 3.63) is 34.9 Å². The van der Waals surface area contributed by atoms with Crippen LogP contribution in [0.4, 0.5) is 8.78 Å². The monoisotopic (exact) mass is 284 g/mol. The quantitative estimate of drug-likeness (QED) is 0.781. The molecule has 0 saturated carbocycles. The molecule has 19 heavy (non-hydrogen) atoms. The fourth-order valence-electron chi connectivity index (χ4n) is 1.58. The highest BCUT2D eigenvalue weighted by Gasteiger charge is 2.21. The second kappa shape index (κ2) is 7.10. The molecule has 102 valence electrons. The van der Waals surface area contributed by atoms with Crippen LogP contribution in [0.15, 0.2) is 12.1 Å². The first-order chi connectivity index (χ1) is 9.01. The number of hydrogen-bond acceptors (Lipinski definition) is 3. The van der Waals surface area contributed by atoms with Gasteiger partial charge >= 0.3 is 0 Å². The third-order valence-electron chi connectivity index (χ3n) is 2.57. The van der Waals surface area contributed by atoms with Gasteiger partial charge in [-0.05, 0) is 30.6 Å². The van der Waals surface area contributed by atoms with Crippen molar-refractivity contribution in [1.82, 2.24) is 4.90 Å². The SMILES string of the molecule is CSCCCN(C)C(=O)c1c(F)cc(C#N)cc1F. The number of carbonyl (C=O) groups is 1. The minimum absolute atomic E-state index is 0.142. The fourth-order valence-corrected chi connectivity index (χ4v) is 2.00. The maximum Gasteiger partial charge on any atom is 0.259 e. The lowest BCUT2D eigenvalue weighted by Gasteiger charge is -2.17. The molecule has 1 rings (SSSR count). The smallest absolute Gasteiger partial charge is 0.259 e. The first-order valence-corrected chi connectivity index (χ1v) is 7.04. The first kappa shape index (κ1) is 15.4. The molecule has 0 radical (unpaired) electrons. The fraction of sp³-hybridized carbons (Fsp3) is 0.385. The molecular weight excluding hydrogens is 270 g/mol. The highest BCUT2D eigenvalue weighted by Crippen LogP contribution is 2.17. The molecule has 0 saturated heterocycles. The van der Waals surface area contributed by atoms with Crippen LogP contribution in [0, 0.1) is 23.0 Å². The van der Waals surface area contributed by atoms with E-state index < -0.39 is 23.1 Å². The standard InChI is InChI=1S/C13H14F2N2OS/c1-17(4-3-5-19-2)13(18)12-10(14)6-9(8-16)7-11(12)15/h6-7H,3-5H2,1-2H3. The molecule has 3 nitrogen and oxygen atoms in total. The zero-order valence-electron chi connectivity index (χ0n) is 10.7. The van der Waals surface area contributed by atoms with Crippen molar-refractivity contribution in [2.45, 2.75) is 6.42 Å². The molecule has 0 aliphatic rings. The second-order valence-electron chi connectivity index (χ2n) is 4.00. The zero-order valence-corrected chi connectivity index (χ0v) is 11.6. The van der Waals surface area contributed by atoms with Crippen molar-refractivity contribution in [2.75, 3.05) is 25.6 Å². The Balaban J connectivity index is 2.91. The van der Waals surface area contributed by atoms with Crippen LogP contribution in [-0.4, -0.2) is 36.4 Å². The summed E-state index contributed by atoms with van der Waals surface area (Å²) in [7, 11) is 1.50. The molecule has 0 N–H and O–H groups in total. The molecule has 0 aromatic heterocycles. The van der Waals surface area contributed by atoms with E-state index in [-0.39, 0.29) is 5.56 Å². The highest BCUT2D eigenvalue weighted by atomic mass is 32.2. The average molecular weight is 284 g/mol. The van der Waals surface area contributed by atoms with E-state index in [0.717, 1.165) is 24.3 Å². The van der Waals surface area contributed by atoms with Gasteiger partial charge in [0.05, 0.1) is 11.6 Å². The Morgan fingerprint density at radius 3 is 2.47 bits per heavy atom. The number of thioether (sulfide) groups is 1. The van der Waals surface area contributed by atoms with E-state index in [2.05, 4.69) is 0 Å². The summed E-state index contributed by atoms with van der Waals surface area (Å²) in [6.07, 6.45) is 2.70. The minimum Gasteiger partial charge on any atom is -0.341 e. The molecular formula is C13H14F2N2OS. The predicted octanol–water partition coefficient (Wildman–Crippen LogP) is 2.66. The molecule has 0 bridgehead atoms. The minimum atomic E-state index is -1.00. The number of rotatable bonds is 5. The summed E-state index contributed by atoms with van der Waals surface area (Å²) in [5.41, 5.74) is -0.748. The number of nitriles is 1. The molecule has 0 aliphatic carbocycles. The maximum atomic E-state index is 13.7. The van der Waals surface area contributed by atoms with Gasteiger partial charge in [0, 0.05) is 13.6 Å². The molecule has 1 aromatic rings. The van der Waals surface area contributed by atoms with Gasteiger partial charge in [-0.2, -0.15) is 17.0 Å². The Hall–Kier alpha value is -1.61. The summed E-state index contributed by atoms with van der Waals surface area (Å²) >= 11 is 1.64. The third kappa shape index (κ3) is 3.93. The van der Waals surface area contributed by atoms with E-state index in [4.69, 9.17) is 5.26 Å². The Kier molecular flexibility index (Phi) is 5.77. The Morgan fingerprint density at radius 1 is 1.42 bits per heavy atom. The largest absolute Gasteiger partial charge is 0.341 e. The van der Waals surface area contributed by atoms with Crippen LogP contribution in [0.5, 0.6) is 0 Å². The van der Waals surface area contributed by atoms with Crippen molar-refractivity contribution in [2.24, 2.45) is 0 Å². The van der Waals surface area contributed by atoms with E-state index in [9.17, 15) is 13.6 Å². The summed E-state index contributed by atoms with van der Waals surface area (Å²) in [6.45, 7) is 0.429. The molecule has 0 fully saturated rings. The van der Waals surface area contributed by atoms with Crippen LogP contribution >= 0.6 is 11.8 Å². The van der Waals surface area contributed by atoms with Crippen LogP contribution in [0.25, 0.3) is 0 Å². The summed E-state index contributed by atoms with van der Waals surface area (Å²) in [4.78, 5) is 13.2. The van der Waals surface area contributed by atoms with Crippen molar-refractivity contribution in [3.8, 4) is 6.07 Å². The van der Waals surface area contributed by atoms with Gasteiger partial charge < -0.3 is 4.90 Å². The van der Waals surface area contributed by atoms with Crippen molar-refractivity contribution in [3.63, 3.8) is 0 Å². The van der Waals surface area contributed by atoms with Crippen LogP contribution < -0.4 is 0 Å². The normalized spacial score (nSPS) is 10.1. The van der Waals surface area contributed by atoms with E-state index in [1.165, 1.54) is 11.9 Å². The van der Waals surface area contributed by atoms with Gasteiger partial charge in [0.25, 0.3) is 5.91 Å². The van der Waals surface area contributed by atoms with E-state index in [1.54, 1.807) is 17.8 Å². The third-order valence-corrected chi connectivity index (χ3v) is 3.27. The number of nitrogens with zero attached hydrogens (tertiary/aromatic N) is 2. The van der Waals surface area contributed by atoms with Crippen LogP contribution in [-0.2, 0) is 0 Å². The molecule has 0 unspecified atom stereocenters. The van der Waals surface area contributed by atoms with Gasteiger partial charge in [-0.15, -0.1) is 0 Å². The average Bonchev–Trinajstić information content (AvgIpc) is 2.37. The number of hydrogen-bond donors (Lipinski definition) is 0. The van der Waals surface area contributed by atoms with Gasteiger partial charge in [0.2, 0.25) is 0 Å². The summed E-state index contributed by atoms with van der Waals surface area (Å²) in [5.74, 6) is -1.84. The van der Waals surface area contributed by atoms with E-state index >= 15 is 0 Å². The lowest BCUT2D eigenvalue weighted by atomic mass is 10.1.